The van der Waals surface area contributed by atoms with E-state index in [1.54, 1.807) is 0 Å². The van der Waals surface area contributed by atoms with Gasteiger partial charge in [-0.25, -0.2) is 14.4 Å². The number of amides is 2. The number of urea groups is 1. The first-order valence-corrected chi connectivity index (χ1v) is 9.57. The lowest BCUT2D eigenvalue weighted by atomic mass is 10.1. The van der Waals surface area contributed by atoms with E-state index in [1.807, 2.05) is 67.6 Å². The summed E-state index contributed by atoms with van der Waals surface area (Å²) in [5.74, 6) is -1.93. The number of hydrogen-bond acceptors (Lipinski definition) is 4. The molecule has 2 unspecified atom stereocenters. The van der Waals surface area contributed by atoms with E-state index in [4.69, 9.17) is 4.74 Å². The molecule has 0 aromatic heterocycles. The van der Waals surface area contributed by atoms with Crippen LogP contribution in [0.3, 0.4) is 0 Å². The summed E-state index contributed by atoms with van der Waals surface area (Å²) in [7, 11) is 0. The molecule has 0 bridgehead atoms. The number of esters is 1. The summed E-state index contributed by atoms with van der Waals surface area (Å²) in [5.41, 5.74) is 1.59. The highest BCUT2D eigenvalue weighted by atomic mass is 16.5. The molecule has 2 aromatic rings. The zero-order valence-electron chi connectivity index (χ0n) is 16.2. The van der Waals surface area contributed by atoms with Crippen molar-refractivity contribution in [3.63, 3.8) is 0 Å². The highest BCUT2D eigenvalue weighted by Gasteiger charge is 2.53. The predicted molar refractivity (Wildman–Crippen MR) is 106 cm³/mol. The second-order valence-corrected chi connectivity index (χ2v) is 6.90. The fourth-order valence-electron chi connectivity index (χ4n) is 3.45. The van der Waals surface area contributed by atoms with Crippen molar-refractivity contribution in [2.45, 2.75) is 38.5 Å². The van der Waals surface area contributed by atoms with E-state index in [0.717, 1.165) is 11.1 Å². The largest absolute Gasteiger partial charge is 0.480 e. The highest BCUT2D eigenvalue weighted by molar-refractivity contribution is 5.96. The Kier molecular flexibility index (Phi) is 6.49. The summed E-state index contributed by atoms with van der Waals surface area (Å²) in [6, 6.07) is 15.3. The molecule has 29 heavy (non-hydrogen) atoms. The average Bonchev–Trinajstić information content (AvgIpc) is 3.00. The number of carboxylic acid groups (broad SMARTS) is 1. The molecule has 1 aliphatic rings. The summed E-state index contributed by atoms with van der Waals surface area (Å²) >= 11 is 0. The number of carboxylic acids is 1. The standard InChI is InChI=1S/C22H24N2O5/c1-2-13-29-21(27)19-18(20(25)26)23(14-16-9-5-3-6-10-16)22(28)24(19)15-17-11-7-4-8-12-17/h3-12,18-19H,2,13-15H2,1H3,(H,25,26). The summed E-state index contributed by atoms with van der Waals surface area (Å²) < 4.78 is 5.25. The minimum atomic E-state index is -1.32. The third-order valence-electron chi connectivity index (χ3n) is 4.80. The molecule has 2 atom stereocenters. The first-order chi connectivity index (χ1) is 14.0. The molecule has 2 aromatic carbocycles. The summed E-state index contributed by atoms with van der Waals surface area (Å²) in [6.07, 6.45) is 0.608. The molecule has 0 aliphatic carbocycles. The molecule has 0 spiro atoms. The number of carbonyl (C=O) groups is 3. The van der Waals surface area contributed by atoms with Crippen LogP contribution >= 0.6 is 0 Å². The van der Waals surface area contributed by atoms with Crippen LogP contribution in [0.15, 0.2) is 60.7 Å². The van der Waals surface area contributed by atoms with Crippen molar-refractivity contribution < 1.29 is 24.2 Å². The maximum atomic E-state index is 13.2. The molecule has 7 heteroatoms. The van der Waals surface area contributed by atoms with Gasteiger partial charge >= 0.3 is 18.0 Å². The number of benzene rings is 2. The molecule has 1 saturated heterocycles. The zero-order valence-corrected chi connectivity index (χ0v) is 16.2. The lowest BCUT2D eigenvalue weighted by Crippen LogP contribution is -2.48. The zero-order chi connectivity index (χ0) is 20.8. The van der Waals surface area contributed by atoms with Crippen LogP contribution in [0.2, 0.25) is 0 Å². The van der Waals surface area contributed by atoms with Gasteiger partial charge in [0.15, 0.2) is 12.1 Å². The van der Waals surface area contributed by atoms with E-state index in [9.17, 15) is 19.5 Å². The highest BCUT2D eigenvalue weighted by Crippen LogP contribution is 2.28. The van der Waals surface area contributed by atoms with Crippen molar-refractivity contribution in [1.82, 2.24) is 9.80 Å². The molecule has 1 fully saturated rings. The van der Waals surface area contributed by atoms with Crippen LogP contribution in [-0.4, -0.2) is 51.6 Å². The lowest BCUT2D eigenvalue weighted by molar-refractivity contribution is -0.155. The second-order valence-electron chi connectivity index (χ2n) is 6.90. The van der Waals surface area contributed by atoms with Crippen LogP contribution < -0.4 is 0 Å². The molecular formula is C22H24N2O5. The van der Waals surface area contributed by atoms with Crippen molar-refractivity contribution in [1.29, 1.82) is 0 Å². The fraction of sp³-hybridized carbons (Fsp3) is 0.318. The molecule has 1 heterocycles. The van der Waals surface area contributed by atoms with Crippen LogP contribution in [0.25, 0.3) is 0 Å². The Morgan fingerprint density at radius 3 is 1.83 bits per heavy atom. The monoisotopic (exact) mass is 396 g/mol. The molecule has 2 amide bonds. The quantitative estimate of drug-likeness (QED) is 0.694. The molecule has 3 rings (SSSR count). The van der Waals surface area contributed by atoms with Gasteiger partial charge in [-0.3, -0.25) is 0 Å². The van der Waals surface area contributed by atoms with E-state index < -0.39 is 30.1 Å². The Bertz CT molecular complexity index is 856. The maximum absolute atomic E-state index is 13.2. The SMILES string of the molecule is CCCOC(=O)C1C(C(=O)O)N(Cc2ccccc2)C(=O)N1Cc1ccccc1. The van der Waals surface area contributed by atoms with Crippen molar-refractivity contribution in [2.75, 3.05) is 6.61 Å². The van der Waals surface area contributed by atoms with E-state index >= 15 is 0 Å². The maximum Gasteiger partial charge on any atom is 0.331 e. The topological polar surface area (TPSA) is 87.1 Å². The minimum absolute atomic E-state index is 0.0967. The Morgan fingerprint density at radius 2 is 1.38 bits per heavy atom. The van der Waals surface area contributed by atoms with E-state index in [1.165, 1.54) is 9.80 Å². The Labute approximate surface area is 169 Å². The van der Waals surface area contributed by atoms with Crippen molar-refractivity contribution in [2.24, 2.45) is 0 Å². The van der Waals surface area contributed by atoms with Crippen LogP contribution in [0.5, 0.6) is 0 Å². The van der Waals surface area contributed by atoms with Crippen LogP contribution in [0.4, 0.5) is 4.79 Å². The van der Waals surface area contributed by atoms with Gasteiger partial charge in [0.05, 0.1) is 6.61 Å². The second kappa shape index (κ2) is 9.23. The Morgan fingerprint density at radius 1 is 0.897 bits per heavy atom. The minimum Gasteiger partial charge on any atom is -0.480 e. The average molecular weight is 396 g/mol. The van der Waals surface area contributed by atoms with Crippen molar-refractivity contribution >= 4 is 18.0 Å². The van der Waals surface area contributed by atoms with Gasteiger partial charge in [-0.15, -0.1) is 0 Å². The van der Waals surface area contributed by atoms with Gasteiger partial charge in [0.1, 0.15) is 0 Å². The smallest absolute Gasteiger partial charge is 0.331 e. The first kappa shape index (κ1) is 20.4. The third-order valence-corrected chi connectivity index (χ3v) is 4.80. The number of aliphatic carboxylic acids is 1. The lowest BCUT2D eigenvalue weighted by Gasteiger charge is -2.23. The van der Waals surface area contributed by atoms with Crippen molar-refractivity contribution in [3.05, 3.63) is 71.8 Å². The first-order valence-electron chi connectivity index (χ1n) is 9.57. The van der Waals surface area contributed by atoms with Gasteiger partial charge in [0, 0.05) is 13.1 Å². The van der Waals surface area contributed by atoms with Crippen LogP contribution in [0, 0.1) is 0 Å². The summed E-state index contributed by atoms with van der Waals surface area (Å²) in [5, 5.41) is 9.88. The van der Waals surface area contributed by atoms with Gasteiger partial charge in [-0.2, -0.15) is 0 Å². The summed E-state index contributed by atoms with van der Waals surface area (Å²) in [4.78, 5) is 40.6. The molecule has 0 saturated carbocycles. The molecular weight excluding hydrogens is 372 g/mol. The van der Waals surface area contributed by atoms with E-state index in [-0.39, 0.29) is 19.7 Å². The molecule has 1 aliphatic heterocycles. The number of rotatable bonds is 8. The third kappa shape index (κ3) is 4.56. The molecule has 7 nitrogen and oxygen atoms in total. The predicted octanol–water partition coefficient (Wildman–Crippen LogP) is 2.90. The van der Waals surface area contributed by atoms with Gasteiger partial charge in [0.25, 0.3) is 0 Å². The van der Waals surface area contributed by atoms with Gasteiger partial charge in [0.2, 0.25) is 0 Å². The fourth-order valence-corrected chi connectivity index (χ4v) is 3.45. The molecule has 0 radical (unpaired) electrons. The van der Waals surface area contributed by atoms with Crippen LogP contribution in [0.1, 0.15) is 24.5 Å². The molecule has 1 N–H and O–H groups in total. The number of hydrogen-bond donors (Lipinski definition) is 1. The van der Waals surface area contributed by atoms with Crippen molar-refractivity contribution in [3.8, 4) is 0 Å². The summed E-state index contributed by atoms with van der Waals surface area (Å²) in [6.45, 7) is 2.25. The number of carbonyl (C=O) groups excluding carboxylic acids is 2. The number of ether oxygens (including phenoxy) is 1. The van der Waals surface area contributed by atoms with Gasteiger partial charge in [-0.05, 0) is 17.5 Å². The van der Waals surface area contributed by atoms with E-state index in [2.05, 4.69) is 0 Å². The number of nitrogens with zero attached hydrogens (tertiary/aromatic N) is 2. The van der Waals surface area contributed by atoms with Crippen LogP contribution in [-0.2, 0) is 27.4 Å². The Hall–Kier alpha value is -3.35. The van der Waals surface area contributed by atoms with Gasteiger partial charge < -0.3 is 19.6 Å². The Balaban J connectivity index is 1.95. The molecule has 152 valence electrons. The van der Waals surface area contributed by atoms with E-state index in [0.29, 0.717) is 6.42 Å². The normalized spacial score (nSPS) is 18.7. The van der Waals surface area contributed by atoms with Gasteiger partial charge in [-0.1, -0.05) is 67.6 Å².